The van der Waals surface area contributed by atoms with Crippen LogP contribution in [0.2, 0.25) is 0 Å². The topological polar surface area (TPSA) is 65.4 Å². The maximum absolute atomic E-state index is 10.1. The number of fused-ring (bicyclic) bond motifs is 3. The van der Waals surface area contributed by atoms with E-state index < -0.39 is 0 Å². The molecule has 0 aliphatic heterocycles. The van der Waals surface area contributed by atoms with Crippen molar-refractivity contribution in [3.63, 3.8) is 0 Å². The second-order valence-electron chi connectivity index (χ2n) is 17.5. The van der Waals surface area contributed by atoms with Gasteiger partial charge in [-0.1, -0.05) is 151 Å². The predicted molar refractivity (Wildman–Crippen MR) is 246 cm³/mol. The van der Waals surface area contributed by atoms with Crippen molar-refractivity contribution < 1.29 is 0 Å². The first-order valence-corrected chi connectivity index (χ1v) is 20.3. The molecule has 9 aromatic rings. The summed E-state index contributed by atoms with van der Waals surface area (Å²) in [6, 6.07) is 58.1. The van der Waals surface area contributed by atoms with Crippen molar-refractivity contribution in [2.75, 3.05) is 0 Å². The van der Waals surface area contributed by atoms with Crippen LogP contribution in [0, 0.1) is 11.3 Å². The van der Waals surface area contributed by atoms with Gasteiger partial charge in [-0.25, -0.2) is 4.98 Å². The lowest BCUT2D eigenvalue weighted by Crippen LogP contribution is -2.11. The Hall–Kier alpha value is -7.09. The van der Waals surface area contributed by atoms with Crippen LogP contribution in [-0.2, 0) is 10.8 Å². The van der Waals surface area contributed by atoms with E-state index in [-0.39, 0.29) is 10.8 Å². The maximum Gasteiger partial charge on any atom is 0.101 e. The fraction of sp³-hybridized carbons (Fsp3) is 0.145. The molecule has 0 radical (unpaired) electrons. The molecule has 0 fully saturated rings. The molecule has 0 unspecified atom stereocenters. The summed E-state index contributed by atoms with van der Waals surface area (Å²) in [6.07, 6.45) is 1.71. The first-order valence-electron chi connectivity index (χ1n) is 20.3. The number of H-pyrrole nitrogens is 1. The van der Waals surface area contributed by atoms with Crippen LogP contribution in [0.5, 0.6) is 0 Å². The lowest BCUT2D eigenvalue weighted by atomic mass is 9.83. The molecule has 59 heavy (non-hydrogen) atoms. The predicted octanol–water partition coefficient (Wildman–Crippen LogP) is 14.6. The maximum atomic E-state index is 10.1. The fourth-order valence-corrected chi connectivity index (χ4v) is 8.02. The number of rotatable bonds is 6. The molecule has 4 nitrogen and oxygen atoms in total. The molecule has 0 saturated carbocycles. The van der Waals surface area contributed by atoms with Crippen molar-refractivity contribution in [3.05, 3.63) is 181 Å². The Morgan fingerprint density at radius 3 is 1.49 bits per heavy atom. The third-order valence-electron chi connectivity index (χ3n) is 11.4. The highest BCUT2D eigenvalue weighted by Gasteiger charge is 2.25. The van der Waals surface area contributed by atoms with Crippen LogP contribution in [0.15, 0.2) is 164 Å². The second kappa shape index (κ2) is 14.7. The van der Waals surface area contributed by atoms with Crippen molar-refractivity contribution in [1.82, 2.24) is 15.0 Å². The highest BCUT2D eigenvalue weighted by Crippen LogP contribution is 2.44. The molecule has 286 valence electrons. The van der Waals surface area contributed by atoms with Crippen LogP contribution in [-0.4, -0.2) is 15.0 Å². The van der Waals surface area contributed by atoms with Gasteiger partial charge in [0.1, 0.15) is 6.07 Å². The highest BCUT2D eigenvalue weighted by atomic mass is 14.8. The summed E-state index contributed by atoms with van der Waals surface area (Å²) in [4.78, 5) is 14.4. The number of nitrogens with zero attached hydrogens (tertiary/aromatic N) is 3. The summed E-state index contributed by atoms with van der Waals surface area (Å²) in [7, 11) is 0. The Balaban J connectivity index is 1.33. The SMILES string of the molecule is CC(C)(C)c1cc(-c2cc(-c3ccccc3)c(C#N)cn2)c2[nH]c3c(-c4cc(-c5ccccc5)cc(-c5cccc(-c6ccccc6)c5)n4)cc(C(C)(C)C)cc3c2c1. The normalized spacial score (nSPS) is 11.9. The summed E-state index contributed by atoms with van der Waals surface area (Å²) >= 11 is 0. The van der Waals surface area contributed by atoms with Crippen LogP contribution in [0.25, 0.3) is 89.0 Å². The summed E-state index contributed by atoms with van der Waals surface area (Å²) in [6.45, 7) is 13.6. The zero-order valence-electron chi connectivity index (χ0n) is 34.4. The van der Waals surface area contributed by atoms with E-state index in [0.29, 0.717) is 5.56 Å². The van der Waals surface area contributed by atoms with Gasteiger partial charge in [-0.15, -0.1) is 0 Å². The van der Waals surface area contributed by atoms with Gasteiger partial charge in [-0.3, -0.25) is 4.98 Å². The summed E-state index contributed by atoms with van der Waals surface area (Å²) in [5, 5.41) is 12.4. The summed E-state index contributed by atoms with van der Waals surface area (Å²) in [5.74, 6) is 0. The third-order valence-corrected chi connectivity index (χ3v) is 11.4. The number of hydrogen-bond donors (Lipinski definition) is 1. The number of pyridine rings is 2. The number of nitriles is 1. The summed E-state index contributed by atoms with van der Waals surface area (Å²) in [5.41, 5.74) is 16.9. The zero-order chi connectivity index (χ0) is 40.9. The molecule has 0 amide bonds. The van der Waals surface area contributed by atoms with E-state index in [2.05, 4.69) is 180 Å². The van der Waals surface area contributed by atoms with Gasteiger partial charge in [0.25, 0.3) is 0 Å². The van der Waals surface area contributed by atoms with Crippen molar-refractivity contribution in [2.45, 2.75) is 52.4 Å². The lowest BCUT2D eigenvalue weighted by Gasteiger charge is -2.22. The van der Waals surface area contributed by atoms with Gasteiger partial charge in [0.15, 0.2) is 0 Å². The molecule has 3 aromatic heterocycles. The standard InChI is InChI=1S/C55H46N4/c1-54(2,3)42-28-45-46-29-43(55(4,5)6)31-48(53(46)59-52(45)47(30-42)50-32-44(41(33-56)34-57-50)37-21-14-9-15-22-37)51-27-40(36-19-12-8-13-20-36)26-49(58-51)39-24-16-23-38(25-39)35-17-10-7-11-18-35/h7-32,34,59H,1-6H3. The Labute approximate surface area is 346 Å². The largest absolute Gasteiger partial charge is 0.353 e. The molecule has 0 saturated heterocycles. The minimum atomic E-state index is -0.139. The van der Waals surface area contributed by atoms with Gasteiger partial charge in [0.05, 0.1) is 33.7 Å². The van der Waals surface area contributed by atoms with E-state index in [4.69, 9.17) is 9.97 Å². The first kappa shape index (κ1) is 37.5. The molecule has 4 heteroatoms. The molecule has 6 aromatic carbocycles. The molecule has 0 atom stereocenters. The number of aromatic amines is 1. The number of aromatic nitrogens is 3. The Kier molecular flexibility index (Phi) is 9.33. The Morgan fingerprint density at radius 1 is 0.441 bits per heavy atom. The molecule has 0 aliphatic rings. The number of hydrogen-bond acceptors (Lipinski definition) is 3. The molecule has 0 spiro atoms. The zero-order valence-corrected chi connectivity index (χ0v) is 34.4. The van der Waals surface area contributed by atoms with Crippen LogP contribution in [0.3, 0.4) is 0 Å². The molecule has 0 aliphatic carbocycles. The average molecular weight is 763 g/mol. The van der Waals surface area contributed by atoms with E-state index in [9.17, 15) is 5.26 Å². The fourth-order valence-electron chi connectivity index (χ4n) is 8.02. The van der Waals surface area contributed by atoms with Crippen LogP contribution < -0.4 is 0 Å². The van der Waals surface area contributed by atoms with E-state index >= 15 is 0 Å². The van der Waals surface area contributed by atoms with E-state index in [1.165, 1.54) is 16.7 Å². The molecule has 0 bridgehead atoms. The summed E-state index contributed by atoms with van der Waals surface area (Å²) < 4.78 is 0. The van der Waals surface area contributed by atoms with Crippen molar-refractivity contribution in [3.8, 4) is 73.2 Å². The van der Waals surface area contributed by atoms with Crippen LogP contribution in [0.1, 0.15) is 58.2 Å². The minimum absolute atomic E-state index is 0.138. The molecular formula is C55H46N4. The van der Waals surface area contributed by atoms with Gasteiger partial charge in [0.2, 0.25) is 0 Å². The minimum Gasteiger partial charge on any atom is -0.353 e. The monoisotopic (exact) mass is 762 g/mol. The van der Waals surface area contributed by atoms with Crippen molar-refractivity contribution in [2.24, 2.45) is 0 Å². The van der Waals surface area contributed by atoms with Crippen LogP contribution in [0.4, 0.5) is 0 Å². The highest BCUT2D eigenvalue weighted by molar-refractivity contribution is 6.16. The second-order valence-corrected chi connectivity index (χ2v) is 17.5. The van der Waals surface area contributed by atoms with Gasteiger partial charge in [0, 0.05) is 39.2 Å². The average Bonchev–Trinajstić information content (AvgIpc) is 3.64. The van der Waals surface area contributed by atoms with Crippen LogP contribution >= 0.6 is 0 Å². The van der Waals surface area contributed by atoms with E-state index in [0.717, 1.165) is 83.4 Å². The van der Waals surface area contributed by atoms with E-state index in [1.807, 2.05) is 30.3 Å². The number of nitrogens with one attached hydrogen (secondary N) is 1. The molecule has 3 heterocycles. The smallest absolute Gasteiger partial charge is 0.101 e. The van der Waals surface area contributed by atoms with Crippen molar-refractivity contribution in [1.29, 1.82) is 5.26 Å². The molecule has 9 rings (SSSR count). The van der Waals surface area contributed by atoms with E-state index in [1.54, 1.807) is 6.20 Å². The van der Waals surface area contributed by atoms with Gasteiger partial charge < -0.3 is 4.98 Å². The van der Waals surface area contributed by atoms with Crippen molar-refractivity contribution >= 4 is 21.8 Å². The lowest BCUT2D eigenvalue weighted by molar-refractivity contribution is 0.590. The quantitative estimate of drug-likeness (QED) is 0.183. The van der Waals surface area contributed by atoms with Gasteiger partial charge >= 0.3 is 0 Å². The van der Waals surface area contributed by atoms with Gasteiger partial charge in [-0.05, 0) is 98.3 Å². The Morgan fingerprint density at radius 2 is 0.932 bits per heavy atom. The first-order chi connectivity index (χ1) is 28.4. The molecular weight excluding hydrogens is 717 g/mol. The number of benzene rings is 6. The third kappa shape index (κ3) is 7.22. The molecule has 1 N–H and O–H groups in total. The Bertz CT molecular complexity index is 3050. The van der Waals surface area contributed by atoms with Gasteiger partial charge in [-0.2, -0.15) is 5.26 Å².